The number of aromatic nitrogens is 2. The van der Waals surface area contributed by atoms with E-state index in [1.54, 1.807) is 48.5 Å². The van der Waals surface area contributed by atoms with E-state index in [0.29, 0.717) is 22.8 Å². The highest BCUT2D eigenvalue weighted by Crippen LogP contribution is 2.25. The number of anilines is 2. The van der Waals surface area contributed by atoms with Gasteiger partial charge in [0.25, 0.3) is 17.5 Å². The molecule has 5 rings (SSSR count). The van der Waals surface area contributed by atoms with E-state index in [1.807, 2.05) is 36.4 Å². The summed E-state index contributed by atoms with van der Waals surface area (Å²) in [5.41, 5.74) is 0.337. The second kappa shape index (κ2) is 12.2. The van der Waals surface area contributed by atoms with Crippen LogP contribution < -0.4 is 20.1 Å². The Kier molecular flexibility index (Phi) is 7.87. The Hall–Kier alpha value is -6.10. The van der Waals surface area contributed by atoms with Crippen molar-refractivity contribution in [1.82, 2.24) is 9.97 Å². The number of nitro groups is 1. The molecule has 1 heterocycles. The molecule has 0 radical (unpaired) electrons. The Bertz CT molecular complexity index is 1680. The van der Waals surface area contributed by atoms with Crippen LogP contribution >= 0.6 is 0 Å². The highest BCUT2D eigenvalue weighted by Gasteiger charge is 2.15. The molecule has 4 aromatic carbocycles. The zero-order chi connectivity index (χ0) is 28.6. The van der Waals surface area contributed by atoms with Crippen molar-refractivity contribution in [3.8, 4) is 23.1 Å². The van der Waals surface area contributed by atoms with Gasteiger partial charge in [0.2, 0.25) is 11.8 Å². The first-order valence-electron chi connectivity index (χ1n) is 12.2. The molecule has 202 valence electrons. The van der Waals surface area contributed by atoms with Gasteiger partial charge in [-0.3, -0.25) is 25.0 Å². The van der Waals surface area contributed by atoms with Gasteiger partial charge in [-0.05, 0) is 60.7 Å². The molecule has 5 aromatic rings. The third-order valence-corrected chi connectivity index (χ3v) is 5.57. The van der Waals surface area contributed by atoms with Crippen LogP contribution in [0.5, 0.6) is 23.1 Å². The third-order valence-electron chi connectivity index (χ3n) is 5.57. The number of carbonyl (C=O) groups is 2. The number of non-ortho nitro benzene ring substituents is 1. The number of nitrogens with zero attached hydrogens (tertiary/aromatic N) is 3. The minimum absolute atomic E-state index is 0.0621. The van der Waals surface area contributed by atoms with Gasteiger partial charge in [0.1, 0.15) is 23.1 Å². The number of benzene rings is 4. The molecule has 2 amide bonds. The standard InChI is InChI=1S/C30H21N5O6/c36-28(21-13-17-25(18-14-21)40-23-7-3-1-4-8-23)31-26-19-27(41-24-9-5-2-6-10-24)33-30(32-26)34-29(37)20-11-15-22(16-12-20)35(38)39/h1-19H,(H2,31,32,33,34,36,37). The lowest BCUT2D eigenvalue weighted by Crippen LogP contribution is -2.17. The molecule has 0 bridgehead atoms. The van der Waals surface area contributed by atoms with Gasteiger partial charge in [-0.1, -0.05) is 36.4 Å². The van der Waals surface area contributed by atoms with Crippen LogP contribution in [0.2, 0.25) is 0 Å². The summed E-state index contributed by atoms with van der Waals surface area (Å²) in [5.74, 6) is 0.612. The first-order valence-corrected chi connectivity index (χ1v) is 12.2. The van der Waals surface area contributed by atoms with Crippen LogP contribution in [-0.2, 0) is 0 Å². The van der Waals surface area contributed by atoms with E-state index in [9.17, 15) is 19.7 Å². The summed E-state index contributed by atoms with van der Waals surface area (Å²) >= 11 is 0. The van der Waals surface area contributed by atoms with Gasteiger partial charge in [0.15, 0.2) is 0 Å². The number of para-hydroxylation sites is 2. The van der Waals surface area contributed by atoms with E-state index >= 15 is 0 Å². The summed E-state index contributed by atoms with van der Waals surface area (Å²) in [5, 5.41) is 16.1. The Morgan fingerprint density at radius 1 is 0.634 bits per heavy atom. The minimum atomic E-state index is -0.608. The minimum Gasteiger partial charge on any atom is -0.457 e. The molecule has 41 heavy (non-hydrogen) atoms. The Balaban J connectivity index is 1.35. The SMILES string of the molecule is O=C(Nc1cc(Oc2ccccc2)nc(NC(=O)c2ccc([N+](=O)[O-])cc2)n1)c1ccc(Oc2ccccc2)cc1. The first kappa shape index (κ1) is 26.5. The number of hydrogen-bond donors (Lipinski definition) is 2. The number of ether oxygens (including phenoxy) is 2. The van der Waals surface area contributed by atoms with Crippen molar-refractivity contribution in [3.05, 3.63) is 137 Å². The summed E-state index contributed by atoms with van der Waals surface area (Å²) in [6.07, 6.45) is 0. The average molecular weight is 548 g/mol. The molecule has 11 heteroatoms. The van der Waals surface area contributed by atoms with Crippen LogP contribution in [0, 0.1) is 10.1 Å². The van der Waals surface area contributed by atoms with E-state index < -0.39 is 16.7 Å². The molecule has 0 aliphatic rings. The van der Waals surface area contributed by atoms with E-state index in [2.05, 4.69) is 20.6 Å². The maximum atomic E-state index is 13.0. The molecule has 0 spiro atoms. The van der Waals surface area contributed by atoms with Gasteiger partial charge in [-0.15, -0.1) is 0 Å². The van der Waals surface area contributed by atoms with Gasteiger partial charge < -0.3 is 14.8 Å². The summed E-state index contributed by atoms with van der Waals surface area (Å²) in [6.45, 7) is 0. The van der Waals surface area contributed by atoms with E-state index in [0.717, 1.165) is 0 Å². The lowest BCUT2D eigenvalue weighted by molar-refractivity contribution is -0.384. The van der Waals surface area contributed by atoms with Crippen molar-refractivity contribution >= 4 is 29.3 Å². The van der Waals surface area contributed by atoms with E-state index in [-0.39, 0.29) is 28.9 Å². The lowest BCUT2D eigenvalue weighted by Gasteiger charge is -2.11. The fraction of sp³-hybridized carbons (Fsp3) is 0. The van der Waals surface area contributed by atoms with Gasteiger partial charge in [0, 0.05) is 29.3 Å². The Morgan fingerprint density at radius 3 is 1.73 bits per heavy atom. The highest BCUT2D eigenvalue weighted by atomic mass is 16.6. The van der Waals surface area contributed by atoms with Crippen molar-refractivity contribution in [3.63, 3.8) is 0 Å². The highest BCUT2D eigenvalue weighted by molar-refractivity contribution is 6.05. The molecule has 0 aliphatic carbocycles. The zero-order valence-electron chi connectivity index (χ0n) is 21.3. The van der Waals surface area contributed by atoms with Gasteiger partial charge in [-0.25, -0.2) is 0 Å². The second-order valence-electron chi connectivity index (χ2n) is 8.48. The number of nitrogens with one attached hydrogen (secondary N) is 2. The predicted molar refractivity (Wildman–Crippen MR) is 151 cm³/mol. The second-order valence-corrected chi connectivity index (χ2v) is 8.48. The fourth-order valence-corrected chi connectivity index (χ4v) is 3.60. The number of carbonyl (C=O) groups excluding carboxylic acids is 2. The molecule has 2 N–H and O–H groups in total. The molecule has 0 fully saturated rings. The molecule has 11 nitrogen and oxygen atoms in total. The zero-order valence-corrected chi connectivity index (χ0v) is 21.3. The smallest absolute Gasteiger partial charge is 0.269 e. The lowest BCUT2D eigenvalue weighted by atomic mass is 10.2. The number of rotatable bonds is 9. The molecule has 0 aliphatic heterocycles. The van der Waals surface area contributed by atoms with Gasteiger partial charge >= 0.3 is 0 Å². The molecule has 0 unspecified atom stereocenters. The molecular weight excluding hydrogens is 526 g/mol. The molecule has 1 aromatic heterocycles. The summed E-state index contributed by atoms with van der Waals surface area (Å²) < 4.78 is 11.6. The van der Waals surface area contributed by atoms with Crippen LogP contribution in [0.3, 0.4) is 0 Å². The van der Waals surface area contributed by atoms with Crippen LogP contribution in [0.1, 0.15) is 20.7 Å². The maximum Gasteiger partial charge on any atom is 0.269 e. The number of amides is 2. The van der Waals surface area contributed by atoms with Crippen molar-refractivity contribution in [2.75, 3.05) is 10.6 Å². The van der Waals surface area contributed by atoms with Gasteiger partial charge in [-0.2, -0.15) is 9.97 Å². The van der Waals surface area contributed by atoms with Crippen LogP contribution in [0.4, 0.5) is 17.5 Å². The largest absolute Gasteiger partial charge is 0.457 e. The van der Waals surface area contributed by atoms with Crippen molar-refractivity contribution in [1.29, 1.82) is 0 Å². The molecule has 0 atom stereocenters. The van der Waals surface area contributed by atoms with Crippen LogP contribution in [-0.4, -0.2) is 26.7 Å². The summed E-state index contributed by atoms with van der Waals surface area (Å²) in [6, 6.07) is 31.1. The molecular formula is C30H21N5O6. The monoisotopic (exact) mass is 547 g/mol. The Labute approximate surface area is 233 Å². The predicted octanol–water partition coefficient (Wildman–Crippen LogP) is 6.47. The van der Waals surface area contributed by atoms with E-state index in [4.69, 9.17) is 9.47 Å². The van der Waals surface area contributed by atoms with Crippen molar-refractivity contribution in [2.45, 2.75) is 0 Å². The quantitative estimate of drug-likeness (QED) is 0.158. The number of nitro benzene ring substituents is 1. The normalized spacial score (nSPS) is 10.3. The fourth-order valence-electron chi connectivity index (χ4n) is 3.60. The Morgan fingerprint density at radius 2 is 1.15 bits per heavy atom. The summed E-state index contributed by atoms with van der Waals surface area (Å²) in [4.78, 5) is 44.6. The number of hydrogen-bond acceptors (Lipinski definition) is 8. The molecule has 0 saturated carbocycles. The maximum absolute atomic E-state index is 13.0. The van der Waals surface area contributed by atoms with Gasteiger partial charge in [0.05, 0.1) is 4.92 Å². The summed E-state index contributed by atoms with van der Waals surface area (Å²) in [7, 11) is 0. The first-order chi connectivity index (χ1) is 19.9. The topological polar surface area (TPSA) is 146 Å². The third kappa shape index (κ3) is 7.06. The average Bonchev–Trinajstić information content (AvgIpc) is 2.98. The van der Waals surface area contributed by atoms with E-state index in [1.165, 1.54) is 30.3 Å². The molecule has 0 saturated heterocycles. The van der Waals surface area contributed by atoms with Crippen LogP contribution in [0.15, 0.2) is 115 Å². The van der Waals surface area contributed by atoms with Crippen LogP contribution in [0.25, 0.3) is 0 Å². The van der Waals surface area contributed by atoms with Crippen molar-refractivity contribution in [2.24, 2.45) is 0 Å². The van der Waals surface area contributed by atoms with Crippen molar-refractivity contribution < 1.29 is 24.0 Å².